The zero-order valence-electron chi connectivity index (χ0n) is 15.6. The molecule has 0 saturated carbocycles. The molecule has 0 aliphatic carbocycles. The SMILES string of the molecule is O=[N+]([O-])c1ccccc1S(=O)(=O)N1CCN(Cc2ccc(OC(F)(F)F)cc2)CC1. The van der Waals surface area contributed by atoms with E-state index < -0.39 is 27.0 Å². The van der Waals surface area contributed by atoms with Crippen LogP contribution in [0, 0.1) is 10.1 Å². The van der Waals surface area contributed by atoms with Gasteiger partial charge in [-0.2, -0.15) is 4.31 Å². The van der Waals surface area contributed by atoms with Crippen molar-refractivity contribution in [1.29, 1.82) is 0 Å². The van der Waals surface area contributed by atoms with Crippen molar-refractivity contribution >= 4 is 15.7 Å². The van der Waals surface area contributed by atoms with Crippen LogP contribution in [0.15, 0.2) is 53.4 Å². The number of nitro groups is 1. The number of rotatable bonds is 6. The second kappa shape index (κ2) is 8.58. The van der Waals surface area contributed by atoms with Crippen LogP contribution < -0.4 is 4.74 Å². The number of halogens is 3. The fraction of sp³-hybridized carbons (Fsp3) is 0.333. The van der Waals surface area contributed by atoms with Crippen LogP contribution in [-0.2, 0) is 16.6 Å². The van der Waals surface area contributed by atoms with E-state index >= 15 is 0 Å². The fourth-order valence-corrected chi connectivity index (χ4v) is 4.73. The van der Waals surface area contributed by atoms with Gasteiger partial charge in [-0.1, -0.05) is 24.3 Å². The number of para-hydroxylation sites is 1. The molecular formula is C18H18F3N3O5S. The fourth-order valence-electron chi connectivity index (χ4n) is 3.15. The Morgan fingerprint density at radius 1 is 1.00 bits per heavy atom. The standard InChI is InChI=1S/C18H18F3N3O5S/c19-18(20,21)29-15-7-5-14(6-8-15)13-22-9-11-23(12-10-22)30(27,28)17-4-2-1-3-16(17)24(25)26/h1-8H,9-13H2. The minimum atomic E-state index is -4.75. The zero-order chi connectivity index (χ0) is 21.9. The number of ether oxygens (including phenoxy) is 1. The van der Waals surface area contributed by atoms with Gasteiger partial charge < -0.3 is 4.74 Å². The Hall–Kier alpha value is -2.70. The predicted octanol–water partition coefficient (Wildman–Crippen LogP) is 3.00. The third-order valence-electron chi connectivity index (χ3n) is 4.57. The van der Waals surface area contributed by atoms with Crippen molar-refractivity contribution in [2.75, 3.05) is 26.2 Å². The van der Waals surface area contributed by atoms with Crippen molar-refractivity contribution in [3.63, 3.8) is 0 Å². The topological polar surface area (TPSA) is 93.0 Å². The lowest BCUT2D eigenvalue weighted by Gasteiger charge is -2.33. The van der Waals surface area contributed by atoms with Gasteiger partial charge in [-0.25, -0.2) is 8.42 Å². The quantitative estimate of drug-likeness (QED) is 0.501. The first-order chi connectivity index (χ1) is 14.1. The van der Waals surface area contributed by atoms with E-state index in [1.165, 1.54) is 46.8 Å². The lowest BCUT2D eigenvalue weighted by molar-refractivity contribution is -0.387. The van der Waals surface area contributed by atoms with Crippen molar-refractivity contribution < 1.29 is 31.2 Å². The molecule has 0 bridgehead atoms. The third-order valence-corrected chi connectivity index (χ3v) is 6.52. The molecule has 1 fully saturated rings. The Morgan fingerprint density at radius 2 is 1.60 bits per heavy atom. The molecule has 12 heteroatoms. The van der Waals surface area contributed by atoms with Gasteiger partial charge in [0.1, 0.15) is 5.75 Å². The summed E-state index contributed by atoms with van der Waals surface area (Å²) in [6.45, 7) is 1.46. The number of hydrogen-bond acceptors (Lipinski definition) is 6. The number of piperazine rings is 1. The Balaban J connectivity index is 1.62. The summed E-state index contributed by atoms with van der Waals surface area (Å²) >= 11 is 0. The summed E-state index contributed by atoms with van der Waals surface area (Å²) in [5, 5.41) is 11.2. The third kappa shape index (κ3) is 5.26. The maximum atomic E-state index is 12.8. The second-order valence-electron chi connectivity index (χ2n) is 6.60. The molecule has 0 aromatic heterocycles. The van der Waals surface area contributed by atoms with Gasteiger partial charge >= 0.3 is 6.36 Å². The lowest BCUT2D eigenvalue weighted by Crippen LogP contribution is -2.48. The van der Waals surface area contributed by atoms with Crippen LogP contribution in [0.1, 0.15) is 5.56 Å². The van der Waals surface area contributed by atoms with Gasteiger partial charge in [0, 0.05) is 38.8 Å². The molecule has 0 N–H and O–H groups in total. The number of hydrogen-bond donors (Lipinski definition) is 0. The molecule has 1 aliphatic heterocycles. The summed E-state index contributed by atoms with van der Waals surface area (Å²) in [5.41, 5.74) is 0.278. The molecule has 30 heavy (non-hydrogen) atoms. The van der Waals surface area contributed by atoms with Gasteiger partial charge in [-0.15, -0.1) is 13.2 Å². The van der Waals surface area contributed by atoms with Gasteiger partial charge in [0.15, 0.2) is 4.90 Å². The first-order valence-corrected chi connectivity index (χ1v) is 10.3. The number of alkyl halides is 3. The van der Waals surface area contributed by atoms with E-state index in [0.717, 1.165) is 11.6 Å². The van der Waals surface area contributed by atoms with Crippen molar-refractivity contribution in [2.24, 2.45) is 0 Å². The Labute approximate surface area is 170 Å². The van der Waals surface area contributed by atoms with Gasteiger partial charge in [-0.05, 0) is 23.8 Å². The summed E-state index contributed by atoms with van der Waals surface area (Å²) < 4.78 is 67.3. The molecule has 0 radical (unpaired) electrons. The monoisotopic (exact) mass is 445 g/mol. The minimum absolute atomic E-state index is 0.143. The van der Waals surface area contributed by atoms with Crippen LogP contribution in [0.5, 0.6) is 5.75 Å². The van der Waals surface area contributed by atoms with E-state index in [1.54, 1.807) is 0 Å². The van der Waals surface area contributed by atoms with E-state index in [2.05, 4.69) is 4.74 Å². The molecule has 1 saturated heterocycles. The van der Waals surface area contributed by atoms with Crippen LogP contribution in [0.4, 0.5) is 18.9 Å². The first-order valence-electron chi connectivity index (χ1n) is 8.87. The molecular weight excluding hydrogens is 427 g/mol. The van der Waals surface area contributed by atoms with Crippen molar-refractivity contribution in [1.82, 2.24) is 9.21 Å². The minimum Gasteiger partial charge on any atom is -0.406 e. The molecule has 8 nitrogen and oxygen atoms in total. The molecule has 0 atom stereocenters. The number of benzene rings is 2. The average molecular weight is 445 g/mol. The van der Waals surface area contributed by atoms with Crippen molar-refractivity contribution in [3.8, 4) is 5.75 Å². The summed E-state index contributed by atoms with van der Waals surface area (Å²) in [5.74, 6) is -0.313. The van der Waals surface area contributed by atoms with Crippen LogP contribution in [0.3, 0.4) is 0 Å². The highest BCUT2D eigenvalue weighted by Gasteiger charge is 2.33. The lowest BCUT2D eigenvalue weighted by atomic mass is 10.2. The maximum Gasteiger partial charge on any atom is 0.573 e. The Bertz CT molecular complexity index is 1000. The Morgan fingerprint density at radius 3 is 2.17 bits per heavy atom. The Kier molecular flexibility index (Phi) is 6.29. The van der Waals surface area contributed by atoms with E-state index in [0.29, 0.717) is 19.6 Å². The van der Waals surface area contributed by atoms with E-state index in [4.69, 9.17) is 0 Å². The first kappa shape index (κ1) is 22.0. The average Bonchev–Trinajstić information content (AvgIpc) is 2.69. The summed E-state index contributed by atoms with van der Waals surface area (Å²) in [6, 6.07) is 10.7. The molecule has 0 amide bonds. The van der Waals surface area contributed by atoms with E-state index in [-0.39, 0.29) is 23.7 Å². The normalized spacial score (nSPS) is 16.4. The smallest absolute Gasteiger partial charge is 0.406 e. The van der Waals surface area contributed by atoms with Crippen LogP contribution >= 0.6 is 0 Å². The predicted molar refractivity (Wildman–Crippen MR) is 100 cm³/mol. The highest BCUT2D eigenvalue weighted by Crippen LogP contribution is 2.27. The van der Waals surface area contributed by atoms with Crippen molar-refractivity contribution in [2.45, 2.75) is 17.8 Å². The molecule has 1 aliphatic rings. The molecule has 162 valence electrons. The molecule has 2 aromatic rings. The van der Waals surface area contributed by atoms with Gasteiger partial charge in [0.05, 0.1) is 4.92 Å². The van der Waals surface area contributed by atoms with E-state index in [9.17, 15) is 31.7 Å². The van der Waals surface area contributed by atoms with Crippen molar-refractivity contribution in [3.05, 3.63) is 64.2 Å². The molecule has 3 rings (SSSR count). The molecule has 2 aromatic carbocycles. The highest BCUT2D eigenvalue weighted by atomic mass is 32.2. The second-order valence-corrected chi connectivity index (χ2v) is 8.50. The number of sulfonamides is 1. The van der Waals surface area contributed by atoms with E-state index in [1.807, 2.05) is 4.90 Å². The highest BCUT2D eigenvalue weighted by molar-refractivity contribution is 7.89. The van der Waals surface area contributed by atoms with Gasteiger partial charge in [0.2, 0.25) is 10.0 Å². The summed E-state index contributed by atoms with van der Waals surface area (Å²) in [4.78, 5) is 12.0. The molecule has 0 unspecified atom stereocenters. The maximum absolute atomic E-state index is 12.8. The van der Waals surface area contributed by atoms with Gasteiger partial charge in [-0.3, -0.25) is 15.0 Å². The van der Waals surface area contributed by atoms with Crippen LogP contribution in [-0.4, -0.2) is 55.1 Å². The summed E-state index contributed by atoms with van der Waals surface area (Å²) in [7, 11) is -4.02. The molecule has 1 heterocycles. The van der Waals surface area contributed by atoms with Gasteiger partial charge in [0.25, 0.3) is 5.69 Å². The largest absolute Gasteiger partial charge is 0.573 e. The molecule has 0 spiro atoms. The zero-order valence-corrected chi connectivity index (χ0v) is 16.4. The van der Waals surface area contributed by atoms with Crippen LogP contribution in [0.25, 0.3) is 0 Å². The van der Waals surface area contributed by atoms with Crippen LogP contribution in [0.2, 0.25) is 0 Å². The number of nitrogens with zero attached hydrogens (tertiary/aromatic N) is 3. The number of nitro benzene ring substituents is 1. The summed E-state index contributed by atoms with van der Waals surface area (Å²) in [6.07, 6.45) is -4.75.